The maximum atomic E-state index is 13.5. The molecule has 4 heteroatoms. The number of nitrogens with two attached hydrogens (primary N) is 1. The predicted octanol–water partition coefficient (Wildman–Crippen LogP) is 2.84. The van der Waals surface area contributed by atoms with Crippen LogP contribution in [0.5, 0.6) is 0 Å². The van der Waals surface area contributed by atoms with Gasteiger partial charge in [0, 0.05) is 5.56 Å². The number of hydrogen-bond donors (Lipinski definition) is 1. The maximum Gasteiger partial charge on any atom is 0.142 e. The average molecular weight is 208 g/mol. The summed E-state index contributed by atoms with van der Waals surface area (Å²) < 4.78 is 13.5. The molecule has 0 aliphatic heterocycles. The number of hydrogen-bond acceptors (Lipinski definition) is 3. The SMILES string of the molecule is Cc1ccc(-c2scnc2N)c(F)c1. The highest BCUT2D eigenvalue weighted by atomic mass is 32.1. The van der Waals surface area contributed by atoms with Crippen molar-refractivity contribution in [3.63, 3.8) is 0 Å². The summed E-state index contributed by atoms with van der Waals surface area (Å²) in [7, 11) is 0. The highest BCUT2D eigenvalue weighted by Gasteiger charge is 2.10. The summed E-state index contributed by atoms with van der Waals surface area (Å²) in [6.07, 6.45) is 0. The Balaban J connectivity index is 2.58. The minimum atomic E-state index is -0.249. The molecule has 2 nitrogen and oxygen atoms in total. The lowest BCUT2D eigenvalue weighted by atomic mass is 10.1. The van der Waals surface area contributed by atoms with Gasteiger partial charge in [-0.05, 0) is 18.6 Å². The highest BCUT2D eigenvalue weighted by Crippen LogP contribution is 2.31. The second-order valence-electron chi connectivity index (χ2n) is 3.05. The molecule has 14 heavy (non-hydrogen) atoms. The third-order valence-corrected chi connectivity index (χ3v) is 2.84. The molecular formula is C10H9FN2S. The second kappa shape index (κ2) is 3.38. The Morgan fingerprint density at radius 1 is 1.43 bits per heavy atom. The van der Waals surface area contributed by atoms with Crippen molar-refractivity contribution in [3.05, 3.63) is 35.1 Å². The molecule has 2 rings (SSSR count). The summed E-state index contributed by atoms with van der Waals surface area (Å²) in [6, 6.07) is 5.08. The Morgan fingerprint density at radius 2 is 2.21 bits per heavy atom. The first-order valence-electron chi connectivity index (χ1n) is 4.14. The van der Waals surface area contributed by atoms with Crippen LogP contribution in [0.4, 0.5) is 10.2 Å². The zero-order valence-corrected chi connectivity index (χ0v) is 8.44. The number of nitrogen functional groups attached to an aromatic ring is 1. The van der Waals surface area contributed by atoms with E-state index in [2.05, 4.69) is 4.98 Å². The molecular weight excluding hydrogens is 199 g/mol. The van der Waals surface area contributed by atoms with Gasteiger partial charge in [0.25, 0.3) is 0 Å². The van der Waals surface area contributed by atoms with Gasteiger partial charge in [-0.15, -0.1) is 11.3 Å². The van der Waals surface area contributed by atoms with Crippen molar-refractivity contribution in [1.82, 2.24) is 4.98 Å². The van der Waals surface area contributed by atoms with Gasteiger partial charge in [-0.2, -0.15) is 0 Å². The lowest BCUT2D eigenvalue weighted by Crippen LogP contribution is -1.89. The molecule has 1 aromatic heterocycles. The van der Waals surface area contributed by atoms with Crippen LogP contribution in [0.3, 0.4) is 0 Å². The zero-order chi connectivity index (χ0) is 10.1. The second-order valence-corrected chi connectivity index (χ2v) is 3.90. The van der Waals surface area contributed by atoms with Gasteiger partial charge in [0.1, 0.15) is 11.6 Å². The van der Waals surface area contributed by atoms with Crippen LogP contribution in [0.25, 0.3) is 10.4 Å². The molecule has 0 radical (unpaired) electrons. The molecule has 2 aromatic rings. The fraction of sp³-hybridized carbons (Fsp3) is 0.100. The van der Waals surface area contributed by atoms with Crippen molar-refractivity contribution in [2.24, 2.45) is 0 Å². The number of thiazole rings is 1. The molecule has 0 unspecified atom stereocenters. The Hall–Kier alpha value is -1.42. The Labute approximate surface area is 85.2 Å². The molecule has 1 heterocycles. The molecule has 0 saturated carbocycles. The molecule has 0 saturated heterocycles. The van der Waals surface area contributed by atoms with E-state index in [4.69, 9.17) is 5.73 Å². The van der Waals surface area contributed by atoms with E-state index in [-0.39, 0.29) is 5.82 Å². The normalized spacial score (nSPS) is 10.4. The summed E-state index contributed by atoms with van der Waals surface area (Å²) in [5.74, 6) is 0.138. The van der Waals surface area contributed by atoms with Crippen LogP contribution in [0.1, 0.15) is 5.56 Å². The smallest absolute Gasteiger partial charge is 0.142 e. The van der Waals surface area contributed by atoms with E-state index in [0.29, 0.717) is 16.3 Å². The number of aromatic nitrogens is 1. The monoisotopic (exact) mass is 208 g/mol. The molecule has 0 atom stereocenters. The number of anilines is 1. The van der Waals surface area contributed by atoms with Gasteiger partial charge >= 0.3 is 0 Å². The number of benzene rings is 1. The Kier molecular flexibility index (Phi) is 2.21. The Bertz CT molecular complexity index is 465. The standard InChI is InChI=1S/C10H9FN2S/c1-6-2-3-7(8(11)4-6)9-10(12)13-5-14-9/h2-5H,12H2,1H3. The van der Waals surface area contributed by atoms with Crippen molar-refractivity contribution in [3.8, 4) is 10.4 Å². The lowest BCUT2D eigenvalue weighted by Gasteiger charge is -2.01. The number of aryl methyl sites for hydroxylation is 1. The molecule has 0 aliphatic carbocycles. The van der Waals surface area contributed by atoms with Crippen LogP contribution in [0.2, 0.25) is 0 Å². The lowest BCUT2D eigenvalue weighted by molar-refractivity contribution is 0.630. The van der Waals surface area contributed by atoms with Crippen molar-refractivity contribution < 1.29 is 4.39 Å². The van der Waals surface area contributed by atoms with Gasteiger partial charge in [0.05, 0.1) is 10.4 Å². The van der Waals surface area contributed by atoms with Crippen molar-refractivity contribution >= 4 is 17.2 Å². The highest BCUT2D eigenvalue weighted by molar-refractivity contribution is 7.13. The molecule has 2 N–H and O–H groups in total. The molecule has 0 amide bonds. The molecule has 0 aliphatic rings. The fourth-order valence-corrected chi connectivity index (χ4v) is 2.00. The molecule has 0 bridgehead atoms. The van der Waals surface area contributed by atoms with Crippen molar-refractivity contribution in [1.29, 1.82) is 0 Å². The van der Waals surface area contributed by atoms with E-state index in [9.17, 15) is 4.39 Å². The van der Waals surface area contributed by atoms with Gasteiger partial charge in [-0.25, -0.2) is 9.37 Å². The number of rotatable bonds is 1. The van der Waals surface area contributed by atoms with Crippen LogP contribution >= 0.6 is 11.3 Å². The predicted molar refractivity (Wildman–Crippen MR) is 56.7 cm³/mol. The van der Waals surface area contributed by atoms with Crippen LogP contribution in [-0.4, -0.2) is 4.98 Å². The summed E-state index contributed by atoms with van der Waals surface area (Å²) >= 11 is 1.35. The van der Waals surface area contributed by atoms with E-state index >= 15 is 0 Å². The third kappa shape index (κ3) is 1.48. The van der Waals surface area contributed by atoms with E-state index in [1.165, 1.54) is 17.4 Å². The zero-order valence-electron chi connectivity index (χ0n) is 7.62. The number of halogens is 1. The minimum absolute atomic E-state index is 0.249. The molecule has 0 fully saturated rings. The largest absolute Gasteiger partial charge is 0.382 e. The Morgan fingerprint density at radius 3 is 2.79 bits per heavy atom. The van der Waals surface area contributed by atoms with Crippen LogP contribution in [-0.2, 0) is 0 Å². The topological polar surface area (TPSA) is 38.9 Å². The van der Waals surface area contributed by atoms with E-state index in [1.807, 2.05) is 13.0 Å². The number of nitrogens with zero attached hydrogens (tertiary/aromatic N) is 1. The van der Waals surface area contributed by atoms with Gasteiger partial charge < -0.3 is 5.73 Å². The fourth-order valence-electron chi connectivity index (χ4n) is 1.26. The molecule has 0 spiro atoms. The summed E-state index contributed by atoms with van der Waals surface area (Å²) in [4.78, 5) is 4.58. The van der Waals surface area contributed by atoms with Gasteiger partial charge in [-0.3, -0.25) is 0 Å². The quantitative estimate of drug-likeness (QED) is 0.782. The van der Waals surface area contributed by atoms with E-state index in [0.717, 1.165) is 5.56 Å². The summed E-state index contributed by atoms with van der Waals surface area (Å²) in [6.45, 7) is 1.85. The summed E-state index contributed by atoms with van der Waals surface area (Å²) in [5.41, 5.74) is 8.65. The van der Waals surface area contributed by atoms with Gasteiger partial charge in [-0.1, -0.05) is 12.1 Å². The van der Waals surface area contributed by atoms with Gasteiger partial charge in [0.2, 0.25) is 0 Å². The average Bonchev–Trinajstić information content (AvgIpc) is 2.52. The third-order valence-electron chi connectivity index (χ3n) is 1.96. The van der Waals surface area contributed by atoms with Gasteiger partial charge in [0.15, 0.2) is 0 Å². The minimum Gasteiger partial charge on any atom is -0.382 e. The maximum absolute atomic E-state index is 13.5. The first kappa shape index (κ1) is 9.15. The van der Waals surface area contributed by atoms with Crippen LogP contribution in [0, 0.1) is 12.7 Å². The van der Waals surface area contributed by atoms with Crippen LogP contribution in [0.15, 0.2) is 23.7 Å². The van der Waals surface area contributed by atoms with E-state index in [1.54, 1.807) is 11.6 Å². The first-order valence-corrected chi connectivity index (χ1v) is 5.02. The van der Waals surface area contributed by atoms with Crippen molar-refractivity contribution in [2.45, 2.75) is 6.92 Å². The molecule has 1 aromatic carbocycles. The van der Waals surface area contributed by atoms with Crippen LogP contribution < -0.4 is 5.73 Å². The summed E-state index contributed by atoms with van der Waals surface area (Å²) in [5, 5.41) is 0. The van der Waals surface area contributed by atoms with Crippen molar-refractivity contribution in [2.75, 3.05) is 5.73 Å². The van der Waals surface area contributed by atoms with E-state index < -0.39 is 0 Å². The molecule has 72 valence electrons. The first-order chi connectivity index (χ1) is 6.68.